The summed E-state index contributed by atoms with van der Waals surface area (Å²) in [4.78, 5) is 11.0. The molecule has 0 bridgehead atoms. The van der Waals surface area contributed by atoms with Gasteiger partial charge < -0.3 is 5.11 Å². The van der Waals surface area contributed by atoms with Crippen LogP contribution in [0.15, 0.2) is 37.4 Å². The van der Waals surface area contributed by atoms with Crippen LogP contribution >= 0.6 is 43.2 Å². The lowest BCUT2D eigenvalue weighted by atomic mass is 10.3. The molecule has 5 nitrogen and oxygen atoms in total. The predicted octanol–water partition coefficient (Wildman–Crippen LogP) is 4.08. The molecule has 2 rings (SSSR count). The van der Waals surface area contributed by atoms with Crippen LogP contribution in [0.1, 0.15) is 15.2 Å². The average Bonchev–Trinajstić information content (AvgIpc) is 2.77. The zero-order valence-corrected chi connectivity index (χ0v) is 15.4. The Hall–Kier alpha value is -0.900. The van der Waals surface area contributed by atoms with Gasteiger partial charge in [-0.05, 0) is 52.7 Å². The molecule has 0 unspecified atom stereocenters. The Balaban J connectivity index is 2.41. The fraction of sp³-hybridized carbons (Fsp3) is 0.0833. The first-order valence-electron chi connectivity index (χ1n) is 5.52. The van der Waals surface area contributed by atoms with Gasteiger partial charge in [0.25, 0.3) is 10.0 Å². The highest BCUT2D eigenvalue weighted by Crippen LogP contribution is 2.31. The van der Waals surface area contributed by atoms with E-state index in [0.29, 0.717) is 15.7 Å². The number of nitrogens with one attached hydrogen (secondary N) is 1. The quantitative estimate of drug-likeness (QED) is 0.728. The zero-order chi connectivity index (χ0) is 15.8. The van der Waals surface area contributed by atoms with Gasteiger partial charge in [0.2, 0.25) is 0 Å². The van der Waals surface area contributed by atoms with Crippen LogP contribution in [-0.2, 0) is 10.0 Å². The molecule has 0 saturated carbocycles. The molecule has 0 atom stereocenters. The maximum atomic E-state index is 12.3. The maximum absolute atomic E-state index is 12.3. The molecule has 0 fully saturated rings. The Morgan fingerprint density at radius 2 is 1.95 bits per heavy atom. The summed E-state index contributed by atoms with van der Waals surface area (Å²) in [5.74, 6) is -1.14. The second kappa shape index (κ2) is 6.07. The summed E-state index contributed by atoms with van der Waals surface area (Å²) >= 11 is 7.25. The number of aromatic carboxylic acids is 1. The Bertz CT molecular complexity index is 815. The molecule has 0 aliphatic carbocycles. The number of carboxylic acid groups (broad SMARTS) is 1. The van der Waals surface area contributed by atoms with Crippen molar-refractivity contribution in [2.24, 2.45) is 0 Å². The largest absolute Gasteiger partial charge is 0.477 e. The van der Waals surface area contributed by atoms with Crippen molar-refractivity contribution in [1.82, 2.24) is 0 Å². The van der Waals surface area contributed by atoms with E-state index in [4.69, 9.17) is 5.11 Å². The van der Waals surface area contributed by atoms with Crippen molar-refractivity contribution in [2.75, 3.05) is 4.72 Å². The number of anilines is 1. The topological polar surface area (TPSA) is 83.5 Å². The van der Waals surface area contributed by atoms with Crippen molar-refractivity contribution < 1.29 is 18.3 Å². The number of sulfonamides is 1. The number of benzene rings is 1. The van der Waals surface area contributed by atoms with Crippen LogP contribution in [0.4, 0.5) is 5.69 Å². The standard InChI is InChI=1S/C12H9Br2NO4S2/c1-6-4-10(20-11(6)12(16)17)21(18,19)15-9-5-7(13)2-3-8(9)14/h2-5,15H,1H3,(H,16,17). The molecule has 0 aliphatic heterocycles. The fourth-order valence-corrected chi connectivity index (χ4v) is 4.86. The molecule has 9 heteroatoms. The molecule has 2 aromatic rings. The van der Waals surface area contributed by atoms with E-state index in [0.717, 1.165) is 15.8 Å². The Kier molecular flexibility index (Phi) is 4.76. The summed E-state index contributed by atoms with van der Waals surface area (Å²) < 4.78 is 28.3. The van der Waals surface area contributed by atoms with Gasteiger partial charge in [0.15, 0.2) is 0 Å². The number of hydrogen-bond donors (Lipinski definition) is 2. The number of aryl methyl sites for hydroxylation is 1. The third-order valence-electron chi connectivity index (χ3n) is 2.53. The second-order valence-electron chi connectivity index (χ2n) is 4.11. The van der Waals surface area contributed by atoms with Crippen LogP contribution in [0.2, 0.25) is 0 Å². The molecule has 1 aromatic heterocycles. The number of carbonyl (C=O) groups is 1. The van der Waals surface area contributed by atoms with Gasteiger partial charge in [-0.1, -0.05) is 15.9 Å². The number of hydrogen-bond acceptors (Lipinski definition) is 4. The van der Waals surface area contributed by atoms with Gasteiger partial charge in [-0.3, -0.25) is 4.72 Å². The Morgan fingerprint density at radius 3 is 2.52 bits per heavy atom. The van der Waals surface area contributed by atoms with Crippen molar-refractivity contribution in [3.8, 4) is 0 Å². The third-order valence-corrected chi connectivity index (χ3v) is 6.78. The lowest BCUT2D eigenvalue weighted by Gasteiger charge is -2.08. The van der Waals surface area contributed by atoms with Gasteiger partial charge in [-0.15, -0.1) is 11.3 Å². The molecule has 1 aromatic carbocycles. The van der Waals surface area contributed by atoms with E-state index in [1.807, 2.05) is 0 Å². The molecule has 1 heterocycles. The van der Waals surface area contributed by atoms with Crippen LogP contribution in [0.25, 0.3) is 0 Å². The second-order valence-corrected chi connectivity index (χ2v) is 8.84. The molecule has 0 radical (unpaired) electrons. The number of rotatable bonds is 4. The van der Waals surface area contributed by atoms with Gasteiger partial charge in [0.1, 0.15) is 9.09 Å². The highest BCUT2D eigenvalue weighted by molar-refractivity contribution is 9.11. The van der Waals surface area contributed by atoms with Crippen LogP contribution < -0.4 is 4.72 Å². The van der Waals surface area contributed by atoms with Crippen LogP contribution in [-0.4, -0.2) is 19.5 Å². The molecule has 21 heavy (non-hydrogen) atoms. The van der Waals surface area contributed by atoms with E-state index >= 15 is 0 Å². The molecule has 112 valence electrons. The molecular formula is C12H9Br2NO4S2. The van der Waals surface area contributed by atoms with E-state index in [9.17, 15) is 13.2 Å². The van der Waals surface area contributed by atoms with E-state index in [-0.39, 0.29) is 9.09 Å². The summed E-state index contributed by atoms with van der Waals surface area (Å²) in [6, 6.07) is 6.42. The minimum absolute atomic E-state index is 0.0173. The van der Waals surface area contributed by atoms with Crippen molar-refractivity contribution in [3.05, 3.63) is 43.7 Å². The van der Waals surface area contributed by atoms with Gasteiger partial charge in [0.05, 0.1) is 5.69 Å². The minimum Gasteiger partial charge on any atom is -0.477 e. The molecule has 2 N–H and O–H groups in total. The first-order valence-corrected chi connectivity index (χ1v) is 9.41. The lowest BCUT2D eigenvalue weighted by molar-refractivity contribution is 0.0701. The average molecular weight is 455 g/mol. The highest BCUT2D eigenvalue weighted by atomic mass is 79.9. The zero-order valence-electron chi connectivity index (χ0n) is 10.6. The normalized spacial score (nSPS) is 11.4. The van der Waals surface area contributed by atoms with Crippen molar-refractivity contribution >= 4 is 64.9 Å². The van der Waals surface area contributed by atoms with Crippen LogP contribution in [0, 0.1) is 6.92 Å². The smallest absolute Gasteiger partial charge is 0.346 e. The predicted molar refractivity (Wildman–Crippen MR) is 88.7 cm³/mol. The first kappa shape index (κ1) is 16.5. The molecular weight excluding hydrogens is 446 g/mol. The van der Waals surface area contributed by atoms with Gasteiger partial charge in [-0.2, -0.15) is 0 Å². The maximum Gasteiger partial charge on any atom is 0.346 e. The van der Waals surface area contributed by atoms with E-state index in [1.54, 1.807) is 25.1 Å². The summed E-state index contributed by atoms with van der Waals surface area (Å²) in [6.45, 7) is 1.56. The third kappa shape index (κ3) is 3.65. The van der Waals surface area contributed by atoms with Crippen molar-refractivity contribution in [2.45, 2.75) is 11.1 Å². The van der Waals surface area contributed by atoms with Gasteiger partial charge in [-0.25, -0.2) is 13.2 Å². The van der Waals surface area contributed by atoms with E-state index < -0.39 is 16.0 Å². The molecule has 0 amide bonds. The summed E-state index contributed by atoms with van der Waals surface area (Å²) in [5.41, 5.74) is 0.786. The summed E-state index contributed by atoms with van der Waals surface area (Å²) in [6.07, 6.45) is 0. The Morgan fingerprint density at radius 1 is 1.29 bits per heavy atom. The SMILES string of the molecule is Cc1cc(S(=O)(=O)Nc2cc(Br)ccc2Br)sc1C(=O)O. The van der Waals surface area contributed by atoms with E-state index in [2.05, 4.69) is 36.6 Å². The van der Waals surface area contributed by atoms with Crippen molar-refractivity contribution in [3.63, 3.8) is 0 Å². The number of thiophene rings is 1. The van der Waals surface area contributed by atoms with E-state index in [1.165, 1.54) is 6.07 Å². The summed E-state index contributed by atoms with van der Waals surface area (Å²) in [5, 5.41) is 9.00. The first-order chi connectivity index (χ1) is 9.70. The number of halogens is 2. The minimum atomic E-state index is -3.83. The van der Waals surface area contributed by atoms with Crippen LogP contribution in [0.5, 0.6) is 0 Å². The molecule has 0 aliphatic rings. The monoisotopic (exact) mass is 453 g/mol. The van der Waals surface area contributed by atoms with Crippen molar-refractivity contribution in [1.29, 1.82) is 0 Å². The molecule has 0 saturated heterocycles. The van der Waals surface area contributed by atoms with Gasteiger partial charge in [0, 0.05) is 8.95 Å². The molecule has 0 spiro atoms. The highest BCUT2D eigenvalue weighted by Gasteiger charge is 2.22. The number of carboxylic acids is 1. The fourth-order valence-electron chi connectivity index (χ4n) is 1.57. The Labute approximate surface area is 142 Å². The van der Waals surface area contributed by atoms with Gasteiger partial charge >= 0.3 is 5.97 Å². The summed E-state index contributed by atoms with van der Waals surface area (Å²) in [7, 11) is -3.83. The lowest BCUT2D eigenvalue weighted by Crippen LogP contribution is -2.11. The van der Waals surface area contributed by atoms with Crippen LogP contribution in [0.3, 0.4) is 0 Å².